The molecule has 2 heteroatoms. The molecule has 1 fully saturated rings. The van der Waals surface area contributed by atoms with Crippen LogP contribution in [0.1, 0.15) is 50.7 Å². The fourth-order valence-corrected chi connectivity index (χ4v) is 2.82. The van der Waals surface area contributed by atoms with Gasteiger partial charge in [-0.3, -0.25) is 0 Å². The van der Waals surface area contributed by atoms with Gasteiger partial charge < -0.3 is 10.1 Å². The second-order valence-corrected chi connectivity index (χ2v) is 6.11. The summed E-state index contributed by atoms with van der Waals surface area (Å²) in [7, 11) is 0. The van der Waals surface area contributed by atoms with Gasteiger partial charge in [0.05, 0.1) is 12.7 Å². The maximum Gasteiger partial charge on any atom is 0.0720 e. The molecule has 112 valence electrons. The molecular weight excluding hydrogens is 246 g/mol. The van der Waals surface area contributed by atoms with Gasteiger partial charge in [-0.2, -0.15) is 0 Å². The van der Waals surface area contributed by atoms with E-state index in [1.165, 1.54) is 36.8 Å². The topological polar surface area (TPSA) is 21.3 Å². The molecule has 1 aliphatic rings. The summed E-state index contributed by atoms with van der Waals surface area (Å²) in [5.74, 6) is 0.894. The molecule has 1 aliphatic carbocycles. The maximum absolute atomic E-state index is 6.04. The van der Waals surface area contributed by atoms with Gasteiger partial charge in [-0.15, -0.1) is 0 Å². The first-order valence-corrected chi connectivity index (χ1v) is 8.18. The average molecular weight is 275 g/mol. The summed E-state index contributed by atoms with van der Waals surface area (Å²) in [5.41, 5.74) is 2.71. The van der Waals surface area contributed by atoms with E-state index in [1.807, 2.05) is 0 Å². The molecule has 20 heavy (non-hydrogen) atoms. The lowest BCUT2D eigenvalue weighted by molar-refractivity contribution is 0.00877. The van der Waals surface area contributed by atoms with E-state index in [-0.39, 0.29) is 0 Å². The smallest absolute Gasteiger partial charge is 0.0720 e. The summed E-state index contributed by atoms with van der Waals surface area (Å²) < 4.78 is 6.04. The van der Waals surface area contributed by atoms with E-state index in [2.05, 4.69) is 43.4 Å². The molecule has 0 radical (unpaired) electrons. The van der Waals surface area contributed by atoms with Crippen LogP contribution in [0.25, 0.3) is 0 Å². The fourth-order valence-electron chi connectivity index (χ4n) is 2.82. The number of rotatable bonds is 7. The molecule has 0 spiro atoms. The molecule has 0 unspecified atom stereocenters. The lowest BCUT2D eigenvalue weighted by atomic mass is 9.89. The maximum atomic E-state index is 6.04. The minimum atomic E-state index is 0.486. The highest BCUT2D eigenvalue weighted by Gasteiger charge is 2.18. The van der Waals surface area contributed by atoms with Crippen LogP contribution >= 0.6 is 0 Å². The quantitative estimate of drug-likeness (QED) is 0.761. The molecule has 0 saturated heterocycles. The van der Waals surface area contributed by atoms with Crippen molar-refractivity contribution in [3.05, 3.63) is 35.4 Å². The average Bonchev–Trinajstić information content (AvgIpc) is 2.48. The van der Waals surface area contributed by atoms with Crippen LogP contribution in [0.4, 0.5) is 0 Å². The van der Waals surface area contributed by atoms with Crippen LogP contribution in [0.3, 0.4) is 0 Å². The van der Waals surface area contributed by atoms with E-state index in [0.717, 1.165) is 32.0 Å². The Balaban J connectivity index is 1.70. The van der Waals surface area contributed by atoms with E-state index in [4.69, 9.17) is 4.74 Å². The van der Waals surface area contributed by atoms with Gasteiger partial charge in [-0.25, -0.2) is 0 Å². The van der Waals surface area contributed by atoms with Crippen molar-refractivity contribution in [2.45, 2.75) is 58.7 Å². The minimum absolute atomic E-state index is 0.486. The molecule has 1 aromatic carbocycles. The first-order valence-electron chi connectivity index (χ1n) is 8.18. The zero-order chi connectivity index (χ0) is 14.2. The molecule has 0 atom stereocenters. The normalized spacial score (nSPS) is 22.9. The van der Waals surface area contributed by atoms with Gasteiger partial charge in [0.1, 0.15) is 0 Å². The van der Waals surface area contributed by atoms with Gasteiger partial charge in [0.15, 0.2) is 0 Å². The van der Waals surface area contributed by atoms with Crippen LogP contribution in [0.2, 0.25) is 0 Å². The van der Waals surface area contributed by atoms with Crippen LogP contribution < -0.4 is 5.32 Å². The Morgan fingerprint density at radius 1 is 1.05 bits per heavy atom. The van der Waals surface area contributed by atoms with Crippen molar-refractivity contribution in [2.24, 2.45) is 5.92 Å². The van der Waals surface area contributed by atoms with Gasteiger partial charge in [-0.1, -0.05) is 38.1 Å². The van der Waals surface area contributed by atoms with Crippen molar-refractivity contribution in [1.82, 2.24) is 5.32 Å². The van der Waals surface area contributed by atoms with E-state index in [9.17, 15) is 0 Å². The molecule has 1 saturated carbocycles. The highest BCUT2D eigenvalue weighted by atomic mass is 16.5. The molecular formula is C18H29NO. The SMILES string of the molecule is CCNCCc1ccc(COC2CCC(C)CC2)cc1. The van der Waals surface area contributed by atoms with Crippen LogP contribution in [0.5, 0.6) is 0 Å². The van der Waals surface area contributed by atoms with Gasteiger partial charge in [0.2, 0.25) is 0 Å². The molecule has 2 rings (SSSR count). The van der Waals surface area contributed by atoms with Gasteiger partial charge in [0.25, 0.3) is 0 Å². The first-order chi connectivity index (χ1) is 9.78. The van der Waals surface area contributed by atoms with E-state index in [1.54, 1.807) is 0 Å². The zero-order valence-electron chi connectivity index (χ0n) is 13.0. The Hall–Kier alpha value is -0.860. The first kappa shape index (κ1) is 15.5. The van der Waals surface area contributed by atoms with Crippen molar-refractivity contribution in [1.29, 1.82) is 0 Å². The highest BCUT2D eigenvalue weighted by molar-refractivity contribution is 5.22. The lowest BCUT2D eigenvalue weighted by Gasteiger charge is -2.26. The number of hydrogen-bond acceptors (Lipinski definition) is 2. The van der Waals surface area contributed by atoms with Crippen LogP contribution in [-0.4, -0.2) is 19.2 Å². The molecule has 0 bridgehead atoms. The highest BCUT2D eigenvalue weighted by Crippen LogP contribution is 2.26. The van der Waals surface area contributed by atoms with Gasteiger partial charge in [0, 0.05) is 0 Å². The standard InChI is InChI=1S/C18H29NO/c1-3-19-13-12-16-6-8-17(9-7-16)14-20-18-10-4-15(2)5-11-18/h6-9,15,18-19H,3-5,10-14H2,1-2H3. The predicted molar refractivity (Wildman–Crippen MR) is 84.9 cm³/mol. The molecule has 0 amide bonds. The zero-order valence-corrected chi connectivity index (χ0v) is 13.0. The van der Waals surface area contributed by atoms with E-state index < -0.39 is 0 Å². The van der Waals surface area contributed by atoms with Crippen molar-refractivity contribution >= 4 is 0 Å². The summed E-state index contributed by atoms with van der Waals surface area (Å²) in [6.45, 7) is 7.37. The predicted octanol–water partition coefficient (Wildman–Crippen LogP) is 3.93. The van der Waals surface area contributed by atoms with Gasteiger partial charge in [-0.05, 0) is 62.2 Å². The third-order valence-electron chi connectivity index (χ3n) is 4.31. The van der Waals surface area contributed by atoms with Crippen LogP contribution in [-0.2, 0) is 17.8 Å². The third-order valence-corrected chi connectivity index (χ3v) is 4.31. The Morgan fingerprint density at radius 2 is 1.70 bits per heavy atom. The molecule has 0 aliphatic heterocycles. The van der Waals surface area contributed by atoms with E-state index >= 15 is 0 Å². The number of nitrogens with one attached hydrogen (secondary N) is 1. The molecule has 1 N–H and O–H groups in total. The second kappa shape index (κ2) is 8.43. The molecule has 0 aromatic heterocycles. The van der Waals surface area contributed by atoms with Crippen molar-refractivity contribution < 1.29 is 4.74 Å². The molecule has 1 aromatic rings. The summed E-state index contributed by atoms with van der Waals surface area (Å²) in [4.78, 5) is 0. The molecule has 2 nitrogen and oxygen atoms in total. The third kappa shape index (κ3) is 5.26. The largest absolute Gasteiger partial charge is 0.374 e. The summed E-state index contributed by atoms with van der Waals surface area (Å²) in [6.07, 6.45) is 6.72. The summed E-state index contributed by atoms with van der Waals surface area (Å²) in [6, 6.07) is 8.90. The molecule has 0 heterocycles. The second-order valence-electron chi connectivity index (χ2n) is 6.11. The summed E-state index contributed by atoms with van der Waals surface area (Å²) in [5, 5.41) is 3.36. The van der Waals surface area contributed by atoms with Gasteiger partial charge >= 0.3 is 0 Å². The van der Waals surface area contributed by atoms with Crippen LogP contribution in [0, 0.1) is 5.92 Å². The Kier molecular flexibility index (Phi) is 6.55. The summed E-state index contributed by atoms with van der Waals surface area (Å²) >= 11 is 0. The Bertz CT molecular complexity index is 366. The number of hydrogen-bond donors (Lipinski definition) is 1. The minimum Gasteiger partial charge on any atom is -0.374 e. The Morgan fingerprint density at radius 3 is 2.35 bits per heavy atom. The van der Waals surface area contributed by atoms with Crippen molar-refractivity contribution in [3.8, 4) is 0 Å². The number of benzene rings is 1. The fraction of sp³-hybridized carbons (Fsp3) is 0.667. The number of likely N-dealkylation sites (N-methyl/N-ethyl adjacent to an activating group) is 1. The van der Waals surface area contributed by atoms with Crippen LogP contribution in [0.15, 0.2) is 24.3 Å². The van der Waals surface area contributed by atoms with Crippen molar-refractivity contribution in [2.75, 3.05) is 13.1 Å². The van der Waals surface area contributed by atoms with Crippen molar-refractivity contribution in [3.63, 3.8) is 0 Å². The Labute approximate surface area is 123 Å². The van der Waals surface area contributed by atoms with E-state index in [0.29, 0.717) is 6.10 Å². The number of ether oxygens (including phenoxy) is 1. The lowest BCUT2D eigenvalue weighted by Crippen LogP contribution is -2.20. The monoisotopic (exact) mass is 275 g/mol.